The van der Waals surface area contributed by atoms with Gasteiger partial charge in [-0.05, 0) is 6.92 Å². The predicted octanol–water partition coefficient (Wildman–Crippen LogP) is 1.87. The Bertz CT molecular complexity index is 462. The first-order valence-electron chi connectivity index (χ1n) is 4.63. The number of rotatable bonds is 3. The Morgan fingerprint density at radius 3 is 2.73 bits per heavy atom. The number of hydrogen-bond acceptors (Lipinski definition) is 4. The maximum Gasteiger partial charge on any atom is 0.190 e. The lowest BCUT2D eigenvalue weighted by Crippen LogP contribution is -1.98. The van der Waals surface area contributed by atoms with E-state index >= 15 is 0 Å². The fraction of sp³-hybridized carbons (Fsp3) is 0.182. The summed E-state index contributed by atoms with van der Waals surface area (Å²) in [5, 5.41) is 7.27. The second-order valence-corrected chi connectivity index (χ2v) is 3.29. The molecule has 0 N–H and O–H groups in total. The molecule has 0 fully saturated rings. The van der Waals surface area contributed by atoms with Crippen LogP contribution in [0.15, 0.2) is 34.9 Å². The molecule has 0 saturated carbocycles. The minimum atomic E-state index is 0.0443. The van der Waals surface area contributed by atoms with Gasteiger partial charge in [0.05, 0.1) is 6.42 Å². The summed E-state index contributed by atoms with van der Waals surface area (Å²) in [6.45, 7) is 1.52. The molecule has 4 heteroatoms. The first-order chi connectivity index (χ1) is 7.27. The van der Waals surface area contributed by atoms with Crippen LogP contribution >= 0.6 is 0 Å². The molecule has 1 heterocycles. The van der Waals surface area contributed by atoms with Crippen molar-refractivity contribution in [3.63, 3.8) is 0 Å². The molecule has 1 aromatic heterocycles. The van der Waals surface area contributed by atoms with Gasteiger partial charge in [0.25, 0.3) is 0 Å². The average molecular weight is 202 g/mol. The zero-order valence-electron chi connectivity index (χ0n) is 8.30. The van der Waals surface area contributed by atoms with Gasteiger partial charge in [-0.2, -0.15) is 0 Å². The molecule has 0 atom stereocenters. The summed E-state index contributed by atoms with van der Waals surface area (Å²) in [5.74, 6) is 0.619. The summed E-state index contributed by atoms with van der Waals surface area (Å²) >= 11 is 0. The fourth-order valence-corrected chi connectivity index (χ4v) is 1.37. The van der Waals surface area contributed by atoms with Gasteiger partial charge in [0.1, 0.15) is 11.5 Å². The van der Waals surface area contributed by atoms with Crippen molar-refractivity contribution in [2.75, 3.05) is 0 Å². The third-order valence-corrected chi connectivity index (χ3v) is 2.01. The van der Waals surface area contributed by atoms with E-state index < -0.39 is 0 Å². The smallest absolute Gasteiger partial charge is 0.190 e. The number of ketones is 1. The molecule has 0 unspecified atom stereocenters. The highest BCUT2D eigenvalue weighted by Crippen LogP contribution is 2.21. The normalized spacial score (nSPS) is 10.2. The zero-order chi connectivity index (χ0) is 10.7. The molecule has 1 aromatic carbocycles. The van der Waals surface area contributed by atoms with E-state index in [-0.39, 0.29) is 12.2 Å². The summed E-state index contributed by atoms with van der Waals surface area (Å²) in [5.41, 5.74) is 1.48. The Balaban J connectivity index is 2.37. The lowest BCUT2D eigenvalue weighted by Gasteiger charge is -1.96. The number of carbonyl (C=O) groups is 1. The Morgan fingerprint density at radius 1 is 1.33 bits per heavy atom. The lowest BCUT2D eigenvalue weighted by molar-refractivity contribution is -0.116. The van der Waals surface area contributed by atoms with Crippen LogP contribution in [0.3, 0.4) is 0 Å². The molecule has 0 aliphatic carbocycles. The SMILES string of the molecule is CC(=O)Cc1nnoc1-c1ccccc1. The minimum Gasteiger partial charge on any atom is -0.337 e. The summed E-state index contributed by atoms with van der Waals surface area (Å²) in [4.78, 5) is 11.0. The van der Waals surface area contributed by atoms with Crippen LogP contribution in [0, 0.1) is 0 Å². The molecule has 0 amide bonds. The number of Topliss-reactive ketones (excluding diaryl/α,β-unsaturated/α-hetero) is 1. The van der Waals surface area contributed by atoms with E-state index in [1.54, 1.807) is 0 Å². The molecule has 4 nitrogen and oxygen atoms in total. The maximum absolute atomic E-state index is 11.0. The molecule has 0 spiro atoms. The highest BCUT2D eigenvalue weighted by Gasteiger charge is 2.13. The maximum atomic E-state index is 11.0. The molecule has 0 radical (unpaired) electrons. The number of aromatic nitrogens is 2. The number of hydrogen-bond donors (Lipinski definition) is 0. The molecule has 15 heavy (non-hydrogen) atoms. The zero-order valence-corrected chi connectivity index (χ0v) is 8.30. The van der Waals surface area contributed by atoms with Gasteiger partial charge < -0.3 is 4.52 Å². The van der Waals surface area contributed by atoms with E-state index in [2.05, 4.69) is 10.4 Å². The van der Waals surface area contributed by atoms with Crippen LogP contribution in [0.2, 0.25) is 0 Å². The van der Waals surface area contributed by atoms with E-state index in [1.807, 2.05) is 30.3 Å². The van der Waals surface area contributed by atoms with Crippen molar-refractivity contribution in [3.8, 4) is 11.3 Å². The monoisotopic (exact) mass is 202 g/mol. The Morgan fingerprint density at radius 2 is 2.07 bits per heavy atom. The van der Waals surface area contributed by atoms with Crippen molar-refractivity contribution in [1.29, 1.82) is 0 Å². The Kier molecular flexibility index (Phi) is 2.58. The quantitative estimate of drug-likeness (QED) is 0.762. The minimum absolute atomic E-state index is 0.0443. The molecule has 0 aliphatic rings. The van der Waals surface area contributed by atoms with Crippen LogP contribution in [0.25, 0.3) is 11.3 Å². The summed E-state index contributed by atoms with van der Waals surface area (Å²) in [7, 11) is 0. The third-order valence-electron chi connectivity index (χ3n) is 2.01. The lowest BCUT2D eigenvalue weighted by atomic mass is 10.1. The molecule has 76 valence electrons. The van der Waals surface area contributed by atoms with Crippen molar-refractivity contribution >= 4 is 5.78 Å². The van der Waals surface area contributed by atoms with Gasteiger partial charge >= 0.3 is 0 Å². The Hall–Kier alpha value is -1.97. The van der Waals surface area contributed by atoms with Gasteiger partial charge in [0.15, 0.2) is 5.76 Å². The molecule has 2 aromatic rings. The largest absolute Gasteiger partial charge is 0.337 e. The predicted molar refractivity (Wildman–Crippen MR) is 54.1 cm³/mol. The third kappa shape index (κ3) is 2.10. The molecule has 2 rings (SSSR count). The molecule has 0 bridgehead atoms. The second kappa shape index (κ2) is 4.04. The molecular weight excluding hydrogens is 192 g/mol. The summed E-state index contributed by atoms with van der Waals surface area (Å²) < 4.78 is 5.04. The van der Waals surface area contributed by atoms with E-state index in [0.717, 1.165) is 5.56 Å². The molecular formula is C11H10N2O2. The van der Waals surface area contributed by atoms with Crippen LogP contribution < -0.4 is 0 Å². The van der Waals surface area contributed by atoms with Crippen molar-refractivity contribution in [3.05, 3.63) is 36.0 Å². The topological polar surface area (TPSA) is 56.0 Å². The first kappa shape index (κ1) is 9.58. The first-order valence-corrected chi connectivity index (χ1v) is 4.63. The van der Waals surface area contributed by atoms with E-state index in [0.29, 0.717) is 11.5 Å². The van der Waals surface area contributed by atoms with Crippen LogP contribution in [-0.2, 0) is 11.2 Å². The van der Waals surface area contributed by atoms with E-state index in [9.17, 15) is 4.79 Å². The van der Waals surface area contributed by atoms with Gasteiger partial charge in [-0.3, -0.25) is 4.79 Å². The van der Waals surface area contributed by atoms with Gasteiger partial charge in [0, 0.05) is 10.8 Å². The average Bonchev–Trinajstić information content (AvgIpc) is 2.66. The second-order valence-electron chi connectivity index (χ2n) is 3.29. The highest BCUT2D eigenvalue weighted by atomic mass is 16.5. The van der Waals surface area contributed by atoms with Crippen LogP contribution in [0.5, 0.6) is 0 Å². The van der Waals surface area contributed by atoms with Crippen LogP contribution in [0.1, 0.15) is 12.6 Å². The van der Waals surface area contributed by atoms with Gasteiger partial charge in [-0.1, -0.05) is 30.3 Å². The van der Waals surface area contributed by atoms with Crippen molar-refractivity contribution in [1.82, 2.24) is 10.4 Å². The van der Waals surface area contributed by atoms with E-state index in [4.69, 9.17) is 4.52 Å². The van der Waals surface area contributed by atoms with Crippen molar-refractivity contribution in [2.24, 2.45) is 0 Å². The summed E-state index contributed by atoms with van der Waals surface area (Å²) in [6.07, 6.45) is 0.258. The highest BCUT2D eigenvalue weighted by molar-refractivity contribution is 5.79. The number of carbonyl (C=O) groups excluding carboxylic acids is 1. The van der Waals surface area contributed by atoms with Crippen molar-refractivity contribution < 1.29 is 9.32 Å². The fourth-order valence-electron chi connectivity index (χ4n) is 1.37. The van der Waals surface area contributed by atoms with Crippen LogP contribution in [-0.4, -0.2) is 16.2 Å². The van der Waals surface area contributed by atoms with Crippen LogP contribution in [0.4, 0.5) is 0 Å². The number of nitrogens with zero attached hydrogens (tertiary/aromatic N) is 2. The van der Waals surface area contributed by atoms with E-state index in [1.165, 1.54) is 6.92 Å². The molecule has 0 saturated heterocycles. The molecule has 0 aliphatic heterocycles. The van der Waals surface area contributed by atoms with Gasteiger partial charge in [-0.15, -0.1) is 5.10 Å². The summed E-state index contributed by atoms with van der Waals surface area (Å²) in [6, 6.07) is 9.50. The number of benzene rings is 1. The standard InChI is InChI=1S/C11H10N2O2/c1-8(14)7-10-11(15-13-12-10)9-5-3-2-4-6-9/h2-6H,7H2,1H3. The Labute approximate surface area is 86.9 Å². The van der Waals surface area contributed by atoms with Crippen molar-refractivity contribution in [2.45, 2.75) is 13.3 Å². The van der Waals surface area contributed by atoms with Gasteiger partial charge in [0.2, 0.25) is 0 Å². The van der Waals surface area contributed by atoms with Gasteiger partial charge in [-0.25, -0.2) is 0 Å².